The van der Waals surface area contributed by atoms with E-state index in [1.54, 1.807) is 11.3 Å². The Kier molecular flexibility index (Phi) is 5.81. The fourth-order valence-electron chi connectivity index (χ4n) is 6.50. The van der Waals surface area contributed by atoms with Crippen molar-refractivity contribution < 1.29 is 19.4 Å². The van der Waals surface area contributed by atoms with Crippen LogP contribution in [0.25, 0.3) is 10.2 Å². The number of nitrogens with two attached hydrogens (primary N) is 1. The van der Waals surface area contributed by atoms with E-state index in [1.165, 1.54) is 36.1 Å². The van der Waals surface area contributed by atoms with Gasteiger partial charge in [0.15, 0.2) is 0 Å². The Balaban J connectivity index is 1.16. The van der Waals surface area contributed by atoms with E-state index in [0.29, 0.717) is 24.7 Å². The van der Waals surface area contributed by atoms with Crippen LogP contribution in [0.3, 0.4) is 0 Å². The van der Waals surface area contributed by atoms with Gasteiger partial charge in [0, 0.05) is 30.2 Å². The van der Waals surface area contributed by atoms with Crippen LogP contribution in [0.15, 0.2) is 12.3 Å². The number of morpholine rings is 1. The Hall–Kier alpha value is -1.74. The number of hydrogen-bond acceptors (Lipinski definition) is 7. The van der Waals surface area contributed by atoms with E-state index in [9.17, 15) is 9.90 Å². The van der Waals surface area contributed by atoms with Crippen molar-refractivity contribution in [3.63, 3.8) is 0 Å². The highest BCUT2D eigenvalue weighted by atomic mass is 32.1. The number of carbonyl (C=O) groups excluding carboxylic acids is 1. The zero-order valence-corrected chi connectivity index (χ0v) is 19.8. The molecule has 4 atom stereocenters. The van der Waals surface area contributed by atoms with Crippen LogP contribution in [-0.4, -0.2) is 64.4 Å². The van der Waals surface area contributed by atoms with Crippen molar-refractivity contribution >= 4 is 27.5 Å². The molecule has 178 valence electrons. The summed E-state index contributed by atoms with van der Waals surface area (Å²) in [6.45, 7) is 2.19. The molecule has 0 aromatic carbocycles. The molecular formula is C25H33N3O4S. The van der Waals surface area contributed by atoms with Gasteiger partial charge in [0.2, 0.25) is 5.91 Å². The maximum absolute atomic E-state index is 11.4. The number of thiophene rings is 1. The van der Waals surface area contributed by atoms with Crippen LogP contribution >= 0.6 is 11.3 Å². The maximum Gasteiger partial charge on any atom is 0.246 e. The number of aromatic nitrogens is 1. The number of aliphatic hydroxyl groups excluding tert-OH is 1. The fourth-order valence-corrected chi connectivity index (χ4v) is 7.76. The summed E-state index contributed by atoms with van der Waals surface area (Å²) in [4.78, 5) is 21.0. The predicted molar refractivity (Wildman–Crippen MR) is 127 cm³/mol. The van der Waals surface area contributed by atoms with Gasteiger partial charge < -0.3 is 20.3 Å². The third kappa shape index (κ3) is 4.16. The number of hydrogen-bond donors (Lipinski definition) is 2. The summed E-state index contributed by atoms with van der Waals surface area (Å²) >= 11 is 1.72. The van der Waals surface area contributed by atoms with Crippen molar-refractivity contribution in [3.8, 4) is 5.75 Å². The zero-order chi connectivity index (χ0) is 22.5. The van der Waals surface area contributed by atoms with Gasteiger partial charge in [0.25, 0.3) is 0 Å². The first-order chi connectivity index (χ1) is 16.0. The highest BCUT2D eigenvalue weighted by molar-refractivity contribution is 7.19. The molecule has 2 aromatic rings. The average Bonchev–Trinajstić information content (AvgIpc) is 3.48. The molecule has 3 N–H and O–H groups in total. The topological polar surface area (TPSA) is 97.9 Å². The van der Waals surface area contributed by atoms with Crippen molar-refractivity contribution in [3.05, 3.63) is 22.7 Å². The van der Waals surface area contributed by atoms with E-state index in [0.717, 1.165) is 54.7 Å². The SMILES string of the molecule is NC(=O)[C@@H](O)C[C@H]1CCc2sc3nccc(OC4CCC(N5C[C@H]6CC[C@@H](C5)O6)CC4)c3c21. The van der Waals surface area contributed by atoms with Crippen LogP contribution in [0.1, 0.15) is 67.7 Å². The number of ether oxygens (including phenoxy) is 2. The Morgan fingerprint density at radius 2 is 1.97 bits per heavy atom. The molecule has 7 nitrogen and oxygen atoms in total. The lowest BCUT2D eigenvalue weighted by Crippen LogP contribution is -2.49. The zero-order valence-electron chi connectivity index (χ0n) is 18.9. The Morgan fingerprint density at radius 1 is 1.21 bits per heavy atom. The molecule has 2 aliphatic heterocycles. The monoisotopic (exact) mass is 471 g/mol. The number of carbonyl (C=O) groups is 1. The van der Waals surface area contributed by atoms with Gasteiger partial charge in [-0.2, -0.15) is 0 Å². The Bertz CT molecular complexity index is 1020. The second-order valence-electron chi connectivity index (χ2n) is 10.3. The first kappa shape index (κ1) is 21.8. The van der Waals surface area contributed by atoms with Crippen molar-refractivity contribution in [2.24, 2.45) is 5.73 Å². The standard InChI is InChI=1S/C25H33N3O4S/c26-24(30)19(29)11-14-1-8-21-22(14)23-20(9-10-27-25(23)33-21)32-16-4-2-15(3-5-16)28-12-17-6-7-18(13-28)31-17/h9-10,14-19,29H,1-8,11-13H2,(H2,26,30)/t14-,15?,16?,17-,18+,19+/m1/s1. The molecule has 0 unspecified atom stereocenters. The number of primary amides is 1. The number of amides is 1. The number of rotatable bonds is 6. The van der Waals surface area contributed by atoms with Crippen molar-refractivity contribution in [2.45, 2.75) is 94.2 Å². The van der Waals surface area contributed by atoms with Crippen LogP contribution < -0.4 is 10.5 Å². The van der Waals surface area contributed by atoms with Gasteiger partial charge in [0.1, 0.15) is 16.7 Å². The minimum absolute atomic E-state index is 0.121. The van der Waals surface area contributed by atoms with Gasteiger partial charge in [-0.3, -0.25) is 9.69 Å². The molecule has 2 bridgehead atoms. The van der Waals surface area contributed by atoms with Crippen LogP contribution in [0.4, 0.5) is 0 Å². The normalized spacial score (nSPS) is 32.7. The summed E-state index contributed by atoms with van der Waals surface area (Å²) in [5.74, 6) is 0.378. The van der Waals surface area contributed by atoms with E-state index in [4.69, 9.17) is 15.2 Å². The van der Waals surface area contributed by atoms with Crippen molar-refractivity contribution in [1.82, 2.24) is 9.88 Å². The quantitative estimate of drug-likeness (QED) is 0.672. The molecule has 0 radical (unpaired) electrons. The summed E-state index contributed by atoms with van der Waals surface area (Å²) in [5, 5.41) is 11.2. The molecule has 33 heavy (non-hydrogen) atoms. The van der Waals surface area contributed by atoms with E-state index < -0.39 is 12.0 Å². The highest BCUT2D eigenvalue weighted by Crippen LogP contribution is 2.48. The molecule has 4 heterocycles. The summed E-state index contributed by atoms with van der Waals surface area (Å²) in [6.07, 6.45) is 11.0. The second-order valence-corrected chi connectivity index (χ2v) is 11.4. The predicted octanol–water partition coefficient (Wildman–Crippen LogP) is 3.12. The van der Waals surface area contributed by atoms with Gasteiger partial charge >= 0.3 is 0 Å². The lowest BCUT2D eigenvalue weighted by molar-refractivity contribution is -0.126. The number of aliphatic hydroxyl groups is 1. The third-order valence-electron chi connectivity index (χ3n) is 8.16. The molecule has 1 amide bonds. The van der Waals surface area contributed by atoms with E-state index >= 15 is 0 Å². The number of pyridine rings is 1. The largest absolute Gasteiger partial charge is 0.490 e. The highest BCUT2D eigenvalue weighted by Gasteiger charge is 2.38. The first-order valence-corrected chi connectivity index (χ1v) is 13.3. The van der Waals surface area contributed by atoms with E-state index in [2.05, 4.69) is 9.88 Å². The molecule has 6 rings (SSSR count). The van der Waals surface area contributed by atoms with E-state index in [-0.39, 0.29) is 12.0 Å². The second kappa shape index (κ2) is 8.80. The molecule has 2 aromatic heterocycles. The van der Waals surface area contributed by atoms with Gasteiger partial charge in [-0.25, -0.2) is 4.98 Å². The fraction of sp³-hybridized carbons (Fsp3) is 0.680. The Labute approximate surface area is 198 Å². The molecule has 4 aliphatic rings. The van der Waals surface area contributed by atoms with Crippen LogP contribution in [0, 0.1) is 0 Å². The van der Waals surface area contributed by atoms with E-state index in [1.807, 2.05) is 12.3 Å². The molecule has 2 saturated heterocycles. The average molecular weight is 472 g/mol. The smallest absolute Gasteiger partial charge is 0.246 e. The molecule has 1 saturated carbocycles. The Morgan fingerprint density at radius 3 is 2.70 bits per heavy atom. The summed E-state index contributed by atoms with van der Waals surface area (Å²) < 4.78 is 12.6. The molecule has 0 spiro atoms. The molecular weight excluding hydrogens is 438 g/mol. The maximum atomic E-state index is 11.4. The summed E-state index contributed by atoms with van der Waals surface area (Å²) in [5.41, 5.74) is 6.54. The minimum atomic E-state index is -1.11. The summed E-state index contributed by atoms with van der Waals surface area (Å²) in [6, 6.07) is 2.64. The number of fused-ring (bicyclic) bond motifs is 5. The number of aryl methyl sites for hydroxylation is 1. The lowest BCUT2D eigenvalue weighted by atomic mass is 9.91. The summed E-state index contributed by atoms with van der Waals surface area (Å²) in [7, 11) is 0. The minimum Gasteiger partial charge on any atom is -0.490 e. The molecule has 3 fully saturated rings. The van der Waals surface area contributed by atoms with Crippen LogP contribution in [0.2, 0.25) is 0 Å². The lowest BCUT2D eigenvalue weighted by Gasteiger charge is -2.41. The van der Waals surface area contributed by atoms with Gasteiger partial charge in [0.05, 0.1) is 23.7 Å². The number of likely N-dealkylation sites (tertiary alicyclic amines) is 1. The van der Waals surface area contributed by atoms with Crippen LogP contribution in [-0.2, 0) is 16.0 Å². The van der Waals surface area contributed by atoms with Gasteiger partial charge in [-0.1, -0.05) is 0 Å². The van der Waals surface area contributed by atoms with Crippen molar-refractivity contribution in [2.75, 3.05) is 13.1 Å². The third-order valence-corrected chi connectivity index (χ3v) is 9.33. The van der Waals surface area contributed by atoms with Crippen LogP contribution in [0.5, 0.6) is 5.75 Å². The van der Waals surface area contributed by atoms with Gasteiger partial charge in [-0.15, -0.1) is 11.3 Å². The van der Waals surface area contributed by atoms with Crippen molar-refractivity contribution in [1.29, 1.82) is 0 Å². The molecule has 2 aliphatic carbocycles. The number of nitrogens with zero attached hydrogens (tertiary/aromatic N) is 2. The molecule has 8 heteroatoms. The first-order valence-electron chi connectivity index (χ1n) is 12.5. The van der Waals surface area contributed by atoms with Gasteiger partial charge in [-0.05, 0) is 75.3 Å².